The van der Waals surface area contributed by atoms with E-state index in [-0.39, 0.29) is 0 Å². The molecule has 1 heterocycles. The van der Waals surface area contributed by atoms with Crippen LogP contribution in [0.1, 0.15) is 13.3 Å². The molecule has 0 radical (unpaired) electrons. The van der Waals surface area contributed by atoms with Crippen molar-refractivity contribution >= 4 is 17.2 Å². The number of benzene rings is 1. The van der Waals surface area contributed by atoms with Gasteiger partial charge in [-0.3, -0.25) is 0 Å². The van der Waals surface area contributed by atoms with Crippen LogP contribution in [0.3, 0.4) is 0 Å². The standard InChI is InChI=1S/C13H16N4O/c1-2-6-18-13-8-12(15-9-16-13)17-11-5-3-4-10(14)7-11/h3-5,7-9H,2,6,14H2,1H3,(H,15,16,17). The van der Waals surface area contributed by atoms with Gasteiger partial charge in [-0.1, -0.05) is 13.0 Å². The van der Waals surface area contributed by atoms with Crippen molar-refractivity contribution in [1.29, 1.82) is 0 Å². The lowest BCUT2D eigenvalue weighted by Gasteiger charge is -2.08. The first-order chi connectivity index (χ1) is 8.78. The van der Waals surface area contributed by atoms with E-state index in [9.17, 15) is 0 Å². The maximum absolute atomic E-state index is 5.71. The second kappa shape index (κ2) is 5.86. The monoisotopic (exact) mass is 244 g/mol. The van der Waals surface area contributed by atoms with E-state index in [1.54, 1.807) is 6.07 Å². The van der Waals surface area contributed by atoms with Crippen LogP contribution >= 0.6 is 0 Å². The van der Waals surface area contributed by atoms with Crippen LogP contribution in [0.15, 0.2) is 36.7 Å². The molecule has 5 heteroatoms. The van der Waals surface area contributed by atoms with E-state index in [4.69, 9.17) is 10.5 Å². The molecule has 18 heavy (non-hydrogen) atoms. The molecule has 0 aliphatic rings. The number of nitrogens with one attached hydrogen (secondary N) is 1. The molecule has 0 saturated carbocycles. The van der Waals surface area contributed by atoms with Gasteiger partial charge < -0.3 is 15.8 Å². The first-order valence-corrected chi connectivity index (χ1v) is 5.85. The highest BCUT2D eigenvalue weighted by Gasteiger charge is 2.00. The van der Waals surface area contributed by atoms with Crippen LogP contribution in [-0.4, -0.2) is 16.6 Å². The molecule has 94 valence electrons. The van der Waals surface area contributed by atoms with Gasteiger partial charge in [0.1, 0.15) is 12.1 Å². The number of hydrogen-bond donors (Lipinski definition) is 2. The van der Waals surface area contributed by atoms with Crippen molar-refractivity contribution in [3.63, 3.8) is 0 Å². The lowest BCUT2D eigenvalue weighted by atomic mass is 10.3. The molecule has 5 nitrogen and oxygen atoms in total. The van der Waals surface area contributed by atoms with Crippen molar-refractivity contribution in [2.24, 2.45) is 0 Å². The summed E-state index contributed by atoms with van der Waals surface area (Å²) in [4.78, 5) is 8.17. The van der Waals surface area contributed by atoms with Crippen molar-refractivity contribution in [3.8, 4) is 5.88 Å². The Morgan fingerprint density at radius 1 is 1.28 bits per heavy atom. The maximum atomic E-state index is 5.71. The summed E-state index contributed by atoms with van der Waals surface area (Å²) in [6.07, 6.45) is 2.42. The smallest absolute Gasteiger partial charge is 0.218 e. The van der Waals surface area contributed by atoms with Crippen molar-refractivity contribution in [2.75, 3.05) is 17.7 Å². The third kappa shape index (κ3) is 3.35. The predicted molar refractivity (Wildman–Crippen MR) is 72.0 cm³/mol. The quantitative estimate of drug-likeness (QED) is 0.791. The van der Waals surface area contributed by atoms with Crippen LogP contribution < -0.4 is 15.8 Å². The van der Waals surface area contributed by atoms with Crippen LogP contribution in [0.4, 0.5) is 17.2 Å². The fraction of sp³-hybridized carbons (Fsp3) is 0.231. The van der Waals surface area contributed by atoms with Crippen LogP contribution in [0, 0.1) is 0 Å². The van der Waals surface area contributed by atoms with E-state index < -0.39 is 0 Å². The van der Waals surface area contributed by atoms with E-state index in [1.165, 1.54) is 6.33 Å². The Hall–Kier alpha value is -2.30. The van der Waals surface area contributed by atoms with Gasteiger partial charge in [-0.15, -0.1) is 0 Å². The fourth-order valence-corrected chi connectivity index (χ4v) is 1.46. The summed E-state index contributed by atoms with van der Waals surface area (Å²) >= 11 is 0. The molecular formula is C13H16N4O. The third-order valence-corrected chi connectivity index (χ3v) is 2.26. The van der Waals surface area contributed by atoms with E-state index in [1.807, 2.05) is 31.2 Å². The molecule has 0 atom stereocenters. The lowest BCUT2D eigenvalue weighted by Crippen LogP contribution is -2.00. The number of aromatic nitrogens is 2. The zero-order chi connectivity index (χ0) is 12.8. The largest absolute Gasteiger partial charge is 0.478 e. The van der Waals surface area contributed by atoms with Gasteiger partial charge in [-0.25, -0.2) is 9.97 Å². The van der Waals surface area contributed by atoms with Crippen LogP contribution in [0.5, 0.6) is 5.88 Å². The zero-order valence-electron chi connectivity index (χ0n) is 10.3. The topological polar surface area (TPSA) is 73.1 Å². The van der Waals surface area contributed by atoms with Gasteiger partial charge in [0.15, 0.2) is 0 Å². The highest BCUT2D eigenvalue weighted by molar-refractivity contribution is 5.61. The molecule has 0 fully saturated rings. The molecular weight excluding hydrogens is 228 g/mol. The Morgan fingerprint density at radius 2 is 2.17 bits per heavy atom. The normalized spacial score (nSPS) is 10.1. The van der Waals surface area contributed by atoms with E-state index >= 15 is 0 Å². The molecule has 0 unspecified atom stereocenters. The van der Waals surface area contributed by atoms with Crippen molar-refractivity contribution in [1.82, 2.24) is 9.97 Å². The molecule has 1 aromatic carbocycles. The average molecular weight is 244 g/mol. The number of ether oxygens (including phenoxy) is 1. The van der Waals surface area contributed by atoms with Crippen molar-refractivity contribution < 1.29 is 4.74 Å². The van der Waals surface area contributed by atoms with Gasteiger partial charge in [0, 0.05) is 17.4 Å². The minimum atomic E-state index is 0.568. The second-order valence-electron chi connectivity index (χ2n) is 3.84. The van der Waals surface area contributed by atoms with Gasteiger partial charge in [0.25, 0.3) is 0 Å². The van der Waals surface area contributed by atoms with Gasteiger partial charge in [0.2, 0.25) is 5.88 Å². The number of rotatable bonds is 5. The molecule has 0 aliphatic heterocycles. The van der Waals surface area contributed by atoms with Gasteiger partial charge in [0.05, 0.1) is 6.61 Å². The lowest BCUT2D eigenvalue weighted by molar-refractivity contribution is 0.305. The fourth-order valence-electron chi connectivity index (χ4n) is 1.46. The SMILES string of the molecule is CCCOc1cc(Nc2cccc(N)c2)ncn1. The second-order valence-corrected chi connectivity index (χ2v) is 3.84. The minimum absolute atomic E-state index is 0.568. The average Bonchev–Trinajstić information content (AvgIpc) is 2.37. The predicted octanol–water partition coefficient (Wildman–Crippen LogP) is 2.59. The summed E-state index contributed by atoms with van der Waals surface area (Å²) in [5, 5.41) is 3.15. The number of nitrogen functional groups attached to an aromatic ring is 1. The molecule has 0 aliphatic carbocycles. The number of anilines is 3. The van der Waals surface area contributed by atoms with E-state index in [0.29, 0.717) is 24.0 Å². The highest BCUT2D eigenvalue weighted by Crippen LogP contribution is 2.19. The van der Waals surface area contributed by atoms with Crippen LogP contribution in [0.25, 0.3) is 0 Å². The number of nitrogens with two attached hydrogens (primary N) is 1. The summed E-state index contributed by atoms with van der Waals surface area (Å²) in [6.45, 7) is 2.70. The summed E-state index contributed by atoms with van der Waals surface area (Å²) in [5.41, 5.74) is 7.30. The molecule has 0 saturated heterocycles. The van der Waals surface area contributed by atoms with Crippen molar-refractivity contribution in [2.45, 2.75) is 13.3 Å². The first kappa shape index (κ1) is 12.2. The van der Waals surface area contributed by atoms with Crippen molar-refractivity contribution in [3.05, 3.63) is 36.7 Å². The number of hydrogen-bond acceptors (Lipinski definition) is 5. The summed E-state index contributed by atoms with van der Waals surface area (Å²) in [5.74, 6) is 1.25. The van der Waals surface area contributed by atoms with Crippen LogP contribution in [0.2, 0.25) is 0 Å². The van der Waals surface area contributed by atoms with Gasteiger partial charge >= 0.3 is 0 Å². The molecule has 0 spiro atoms. The van der Waals surface area contributed by atoms with Gasteiger partial charge in [-0.05, 0) is 24.6 Å². The highest BCUT2D eigenvalue weighted by atomic mass is 16.5. The Labute approximate surface area is 106 Å². The molecule has 2 aromatic rings. The Balaban J connectivity index is 2.09. The Kier molecular flexibility index (Phi) is 3.96. The third-order valence-electron chi connectivity index (χ3n) is 2.26. The molecule has 2 rings (SSSR count). The molecule has 1 aromatic heterocycles. The molecule has 3 N–H and O–H groups in total. The summed E-state index contributed by atoms with van der Waals surface area (Å²) in [6, 6.07) is 9.24. The number of nitrogens with zero attached hydrogens (tertiary/aromatic N) is 2. The van der Waals surface area contributed by atoms with Gasteiger partial charge in [-0.2, -0.15) is 0 Å². The molecule has 0 amide bonds. The Morgan fingerprint density at radius 3 is 2.94 bits per heavy atom. The Bertz CT molecular complexity index is 516. The first-order valence-electron chi connectivity index (χ1n) is 5.85. The summed E-state index contributed by atoms with van der Waals surface area (Å²) in [7, 11) is 0. The minimum Gasteiger partial charge on any atom is -0.478 e. The van der Waals surface area contributed by atoms with Crippen LogP contribution in [-0.2, 0) is 0 Å². The molecule has 0 bridgehead atoms. The summed E-state index contributed by atoms with van der Waals surface area (Å²) < 4.78 is 5.44. The maximum Gasteiger partial charge on any atom is 0.218 e. The van der Waals surface area contributed by atoms with E-state index in [2.05, 4.69) is 15.3 Å². The zero-order valence-corrected chi connectivity index (χ0v) is 10.3. The van der Waals surface area contributed by atoms with E-state index in [0.717, 1.165) is 12.1 Å².